The van der Waals surface area contributed by atoms with Gasteiger partial charge in [0.1, 0.15) is 0 Å². The Bertz CT molecular complexity index is 618. The molecule has 0 amide bonds. The van der Waals surface area contributed by atoms with Crippen molar-refractivity contribution in [3.05, 3.63) is 34.6 Å². The standard InChI is InChI=1S/C13H13BrClN3O2/c14-6-10-8-18(17-16-10)7-9-4-11(15)13-12(5-9)19-2-1-3-20-13/h4-5,8H,1-3,6-7H2. The van der Waals surface area contributed by atoms with Crippen molar-refractivity contribution in [3.63, 3.8) is 0 Å². The van der Waals surface area contributed by atoms with Gasteiger partial charge in [0.25, 0.3) is 0 Å². The van der Waals surface area contributed by atoms with Gasteiger partial charge in [-0.3, -0.25) is 0 Å². The Kier molecular flexibility index (Phi) is 4.12. The van der Waals surface area contributed by atoms with Crippen molar-refractivity contribution < 1.29 is 9.47 Å². The van der Waals surface area contributed by atoms with Crippen molar-refractivity contribution in [2.75, 3.05) is 13.2 Å². The molecular formula is C13H13BrClN3O2. The zero-order valence-corrected chi connectivity index (χ0v) is 13.0. The highest BCUT2D eigenvalue weighted by Gasteiger charge is 2.16. The van der Waals surface area contributed by atoms with E-state index < -0.39 is 0 Å². The van der Waals surface area contributed by atoms with E-state index in [9.17, 15) is 0 Å². The first-order valence-corrected chi connectivity index (χ1v) is 7.79. The normalized spacial score (nSPS) is 14.1. The Morgan fingerprint density at radius 1 is 1.30 bits per heavy atom. The third-order valence-corrected chi connectivity index (χ3v) is 3.78. The molecule has 1 aromatic carbocycles. The second-order valence-corrected chi connectivity index (χ2v) is 5.46. The summed E-state index contributed by atoms with van der Waals surface area (Å²) in [5.41, 5.74) is 1.90. The number of hydrogen-bond acceptors (Lipinski definition) is 4. The van der Waals surface area contributed by atoms with Crippen molar-refractivity contribution in [3.8, 4) is 11.5 Å². The molecule has 1 aliphatic rings. The van der Waals surface area contributed by atoms with E-state index in [2.05, 4.69) is 26.2 Å². The number of fused-ring (bicyclic) bond motifs is 1. The lowest BCUT2D eigenvalue weighted by molar-refractivity contribution is 0.297. The van der Waals surface area contributed by atoms with E-state index >= 15 is 0 Å². The average Bonchev–Trinajstić information content (AvgIpc) is 2.74. The van der Waals surface area contributed by atoms with Crippen LogP contribution in [0, 0.1) is 0 Å². The van der Waals surface area contributed by atoms with Crippen molar-refractivity contribution >= 4 is 27.5 Å². The maximum atomic E-state index is 6.26. The topological polar surface area (TPSA) is 49.2 Å². The quantitative estimate of drug-likeness (QED) is 0.791. The molecule has 0 saturated heterocycles. The van der Waals surface area contributed by atoms with E-state index in [4.69, 9.17) is 21.1 Å². The van der Waals surface area contributed by atoms with Gasteiger partial charge in [0.2, 0.25) is 0 Å². The fraction of sp³-hybridized carbons (Fsp3) is 0.385. The van der Waals surface area contributed by atoms with Crippen molar-refractivity contribution in [1.29, 1.82) is 0 Å². The Morgan fingerprint density at radius 3 is 2.95 bits per heavy atom. The summed E-state index contributed by atoms with van der Waals surface area (Å²) in [5.74, 6) is 1.33. The smallest absolute Gasteiger partial charge is 0.179 e. The van der Waals surface area contributed by atoms with Crippen LogP contribution in [0.4, 0.5) is 0 Å². The van der Waals surface area contributed by atoms with Crippen LogP contribution >= 0.6 is 27.5 Å². The molecule has 0 atom stereocenters. The Hall–Kier alpha value is -1.27. The summed E-state index contributed by atoms with van der Waals surface area (Å²) in [6.07, 6.45) is 2.75. The number of rotatable bonds is 3. The first-order valence-electron chi connectivity index (χ1n) is 6.29. The minimum atomic E-state index is 0.570. The van der Waals surface area contributed by atoms with E-state index in [1.54, 1.807) is 4.68 Å². The van der Waals surface area contributed by atoms with Crippen LogP contribution in [0.1, 0.15) is 17.7 Å². The van der Waals surface area contributed by atoms with Gasteiger partial charge in [-0.1, -0.05) is 32.7 Å². The largest absolute Gasteiger partial charge is 0.489 e. The zero-order valence-electron chi connectivity index (χ0n) is 10.7. The van der Waals surface area contributed by atoms with E-state index in [-0.39, 0.29) is 0 Å². The fourth-order valence-electron chi connectivity index (χ4n) is 2.04. The van der Waals surface area contributed by atoms with E-state index in [0.717, 1.165) is 17.7 Å². The maximum Gasteiger partial charge on any atom is 0.179 e. The first-order chi connectivity index (χ1) is 9.76. The predicted molar refractivity (Wildman–Crippen MR) is 78.8 cm³/mol. The monoisotopic (exact) mass is 357 g/mol. The molecule has 1 aromatic heterocycles. The molecule has 20 heavy (non-hydrogen) atoms. The zero-order chi connectivity index (χ0) is 13.9. The SMILES string of the molecule is Clc1cc(Cn2cc(CBr)nn2)cc2c1OCCCO2. The molecule has 7 heteroatoms. The fourth-order valence-corrected chi connectivity index (χ4v) is 2.58. The van der Waals surface area contributed by atoms with Gasteiger partial charge in [0.05, 0.1) is 30.5 Å². The van der Waals surface area contributed by atoms with Gasteiger partial charge in [-0.15, -0.1) is 5.10 Å². The molecule has 0 saturated carbocycles. The summed E-state index contributed by atoms with van der Waals surface area (Å²) in [5, 5.41) is 9.36. The minimum Gasteiger partial charge on any atom is -0.489 e. The molecule has 0 radical (unpaired) electrons. The van der Waals surface area contributed by atoms with Gasteiger partial charge in [-0.25, -0.2) is 4.68 Å². The third kappa shape index (κ3) is 2.91. The van der Waals surface area contributed by atoms with E-state index in [1.165, 1.54) is 0 Å². The van der Waals surface area contributed by atoms with E-state index in [1.807, 2.05) is 18.3 Å². The molecule has 0 N–H and O–H groups in total. The van der Waals surface area contributed by atoms with Gasteiger partial charge in [-0.05, 0) is 17.7 Å². The van der Waals surface area contributed by atoms with Gasteiger partial charge in [-0.2, -0.15) is 0 Å². The molecule has 106 valence electrons. The summed E-state index contributed by atoms with van der Waals surface area (Å²) >= 11 is 9.61. The first kappa shape index (κ1) is 13.7. The lowest BCUT2D eigenvalue weighted by atomic mass is 10.2. The maximum absolute atomic E-state index is 6.26. The molecule has 5 nitrogen and oxygen atoms in total. The number of halogens is 2. The summed E-state index contributed by atoms with van der Waals surface area (Å²) in [7, 11) is 0. The summed E-state index contributed by atoms with van der Waals surface area (Å²) in [6.45, 7) is 1.87. The van der Waals surface area contributed by atoms with Crippen LogP contribution in [-0.4, -0.2) is 28.2 Å². The van der Waals surface area contributed by atoms with Crippen molar-refractivity contribution in [2.24, 2.45) is 0 Å². The number of hydrogen-bond donors (Lipinski definition) is 0. The molecule has 3 rings (SSSR count). The van der Waals surface area contributed by atoms with Crippen LogP contribution in [0.25, 0.3) is 0 Å². The highest BCUT2D eigenvalue weighted by atomic mass is 79.9. The van der Waals surface area contributed by atoms with Gasteiger partial charge in [0.15, 0.2) is 11.5 Å². The lowest BCUT2D eigenvalue weighted by Crippen LogP contribution is -2.02. The number of alkyl halides is 1. The summed E-state index contributed by atoms with van der Waals surface area (Å²) in [4.78, 5) is 0. The number of nitrogens with zero attached hydrogens (tertiary/aromatic N) is 3. The summed E-state index contributed by atoms with van der Waals surface area (Å²) in [6, 6.07) is 3.83. The van der Waals surface area contributed by atoms with Crippen LogP contribution in [0.2, 0.25) is 5.02 Å². The van der Waals surface area contributed by atoms with Crippen LogP contribution in [0.5, 0.6) is 11.5 Å². The highest BCUT2D eigenvalue weighted by Crippen LogP contribution is 2.38. The lowest BCUT2D eigenvalue weighted by Gasteiger charge is -2.11. The van der Waals surface area contributed by atoms with Gasteiger partial charge in [0, 0.05) is 17.9 Å². The van der Waals surface area contributed by atoms with Gasteiger partial charge >= 0.3 is 0 Å². The molecular weight excluding hydrogens is 346 g/mol. The molecule has 2 heterocycles. The minimum absolute atomic E-state index is 0.570. The molecule has 0 aliphatic carbocycles. The van der Waals surface area contributed by atoms with Crippen LogP contribution in [0.15, 0.2) is 18.3 Å². The molecule has 0 bridgehead atoms. The van der Waals surface area contributed by atoms with E-state index in [0.29, 0.717) is 41.6 Å². The number of ether oxygens (including phenoxy) is 2. The molecule has 2 aromatic rings. The van der Waals surface area contributed by atoms with Crippen LogP contribution in [0.3, 0.4) is 0 Å². The molecule has 0 unspecified atom stereocenters. The van der Waals surface area contributed by atoms with Crippen molar-refractivity contribution in [1.82, 2.24) is 15.0 Å². The Morgan fingerprint density at radius 2 is 2.15 bits per heavy atom. The highest BCUT2D eigenvalue weighted by molar-refractivity contribution is 9.08. The second kappa shape index (κ2) is 6.01. The average molecular weight is 359 g/mol. The van der Waals surface area contributed by atoms with Gasteiger partial charge < -0.3 is 9.47 Å². The molecule has 0 spiro atoms. The van der Waals surface area contributed by atoms with Crippen molar-refractivity contribution in [2.45, 2.75) is 18.3 Å². The summed E-state index contributed by atoms with van der Waals surface area (Å²) < 4.78 is 13.0. The molecule has 0 fully saturated rings. The molecule has 1 aliphatic heterocycles. The second-order valence-electron chi connectivity index (χ2n) is 4.50. The Balaban J connectivity index is 1.86. The third-order valence-electron chi connectivity index (χ3n) is 2.93. The predicted octanol–water partition coefficient (Wildman–Crippen LogP) is 3.04. The number of benzene rings is 1. The number of aromatic nitrogens is 3. The Labute approximate surface area is 130 Å². The van der Waals surface area contributed by atoms with Crippen LogP contribution < -0.4 is 9.47 Å². The van der Waals surface area contributed by atoms with Crippen LogP contribution in [-0.2, 0) is 11.9 Å².